The Labute approximate surface area is 121 Å². The number of nitro groups is 1. The molecule has 2 aromatic rings. The summed E-state index contributed by atoms with van der Waals surface area (Å²) in [6, 6.07) is 14.8. The van der Waals surface area contributed by atoms with Crippen molar-refractivity contribution >= 4 is 17.3 Å². The molecule has 1 N–H and O–H groups in total. The highest BCUT2D eigenvalue weighted by Gasteiger charge is 2.08. The molecule has 0 aliphatic carbocycles. The van der Waals surface area contributed by atoms with E-state index in [0.29, 0.717) is 11.3 Å². The maximum atomic E-state index is 11.9. The average molecular weight is 283 g/mol. The van der Waals surface area contributed by atoms with Crippen molar-refractivity contribution in [2.75, 3.05) is 0 Å². The number of carbonyl (C=O) groups is 1. The monoisotopic (exact) mass is 283 g/mol. The van der Waals surface area contributed by atoms with Gasteiger partial charge in [-0.05, 0) is 24.6 Å². The number of non-ortho nitro benzene ring substituents is 1. The Morgan fingerprint density at radius 2 is 1.67 bits per heavy atom. The van der Waals surface area contributed by atoms with Crippen LogP contribution in [0.4, 0.5) is 5.69 Å². The van der Waals surface area contributed by atoms with Crippen LogP contribution in [0, 0.1) is 10.1 Å². The molecule has 6 nitrogen and oxygen atoms in total. The van der Waals surface area contributed by atoms with Crippen molar-refractivity contribution in [3.63, 3.8) is 0 Å². The van der Waals surface area contributed by atoms with Crippen LogP contribution in [0.5, 0.6) is 0 Å². The van der Waals surface area contributed by atoms with Gasteiger partial charge >= 0.3 is 0 Å². The number of hydrogen-bond acceptors (Lipinski definition) is 4. The molecule has 0 unspecified atom stereocenters. The summed E-state index contributed by atoms with van der Waals surface area (Å²) in [5.41, 5.74) is 4.25. The number of amides is 1. The van der Waals surface area contributed by atoms with E-state index < -0.39 is 10.8 Å². The second kappa shape index (κ2) is 6.42. The average Bonchev–Trinajstić information content (AvgIpc) is 2.53. The van der Waals surface area contributed by atoms with Gasteiger partial charge in [0.1, 0.15) is 0 Å². The Bertz CT molecular complexity index is 679. The van der Waals surface area contributed by atoms with E-state index in [2.05, 4.69) is 10.5 Å². The number of benzene rings is 2. The maximum absolute atomic E-state index is 11.9. The van der Waals surface area contributed by atoms with Gasteiger partial charge in [-0.15, -0.1) is 0 Å². The number of hydrazone groups is 1. The molecular formula is C15H13N3O3. The number of carbonyl (C=O) groups excluding carboxylic acids is 1. The van der Waals surface area contributed by atoms with Crippen molar-refractivity contribution in [1.29, 1.82) is 0 Å². The van der Waals surface area contributed by atoms with E-state index >= 15 is 0 Å². The summed E-state index contributed by atoms with van der Waals surface area (Å²) < 4.78 is 0. The third kappa shape index (κ3) is 3.73. The van der Waals surface area contributed by atoms with Crippen LogP contribution in [0.25, 0.3) is 0 Å². The van der Waals surface area contributed by atoms with Crippen LogP contribution >= 0.6 is 0 Å². The van der Waals surface area contributed by atoms with Gasteiger partial charge in [0.15, 0.2) is 0 Å². The molecule has 0 aliphatic rings. The first-order valence-corrected chi connectivity index (χ1v) is 6.22. The fourth-order valence-electron chi connectivity index (χ4n) is 1.68. The van der Waals surface area contributed by atoms with Gasteiger partial charge in [0.25, 0.3) is 11.6 Å². The Balaban J connectivity index is 2.06. The summed E-state index contributed by atoms with van der Waals surface area (Å²) in [5, 5.41) is 14.5. The van der Waals surface area contributed by atoms with Crippen LogP contribution in [0.15, 0.2) is 59.7 Å². The normalized spacial score (nSPS) is 11.0. The summed E-state index contributed by atoms with van der Waals surface area (Å²) >= 11 is 0. The standard InChI is InChI=1S/C15H13N3O3/c1-11(12-5-3-2-4-6-12)16-17-15(19)13-7-9-14(10-8-13)18(20)21/h2-10H,1H3,(H,17,19)/b16-11+. The van der Waals surface area contributed by atoms with Gasteiger partial charge in [0.05, 0.1) is 10.6 Å². The molecule has 6 heteroatoms. The summed E-state index contributed by atoms with van der Waals surface area (Å²) in [6.07, 6.45) is 0. The minimum absolute atomic E-state index is 0.0597. The van der Waals surface area contributed by atoms with Gasteiger partial charge in [0.2, 0.25) is 0 Å². The van der Waals surface area contributed by atoms with Crippen molar-refractivity contribution in [3.8, 4) is 0 Å². The number of nitrogens with one attached hydrogen (secondary N) is 1. The maximum Gasteiger partial charge on any atom is 0.271 e. The molecule has 0 heterocycles. The molecule has 0 atom stereocenters. The molecule has 0 saturated heterocycles. The van der Waals surface area contributed by atoms with Crippen molar-refractivity contribution in [3.05, 3.63) is 75.8 Å². The molecule has 2 aromatic carbocycles. The van der Waals surface area contributed by atoms with E-state index in [4.69, 9.17) is 0 Å². The lowest BCUT2D eigenvalue weighted by Gasteiger charge is -2.03. The van der Waals surface area contributed by atoms with Gasteiger partial charge in [-0.25, -0.2) is 5.43 Å². The minimum atomic E-state index is -0.514. The Morgan fingerprint density at radius 3 is 2.24 bits per heavy atom. The first-order chi connectivity index (χ1) is 10.1. The van der Waals surface area contributed by atoms with Crippen molar-refractivity contribution < 1.29 is 9.72 Å². The first-order valence-electron chi connectivity index (χ1n) is 6.22. The van der Waals surface area contributed by atoms with Crippen LogP contribution in [0.2, 0.25) is 0 Å². The number of nitrogens with zero attached hydrogens (tertiary/aromatic N) is 2. The Morgan fingerprint density at radius 1 is 1.05 bits per heavy atom. The highest BCUT2D eigenvalue weighted by molar-refractivity contribution is 6.00. The third-order valence-corrected chi connectivity index (χ3v) is 2.86. The molecule has 106 valence electrons. The van der Waals surface area contributed by atoms with Gasteiger partial charge in [-0.2, -0.15) is 5.10 Å². The Kier molecular flexibility index (Phi) is 4.40. The lowest BCUT2D eigenvalue weighted by Crippen LogP contribution is -2.19. The predicted octanol–water partition coefficient (Wildman–Crippen LogP) is 2.75. The topological polar surface area (TPSA) is 84.6 Å². The molecule has 21 heavy (non-hydrogen) atoms. The van der Waals surface area contributed by atoms with E-state index in [1.807, 2.05) is 30.3 Å². The summed E-state index contributed by atoms with van der Waals surface area (Å²) in [6.45, 7) is 1.78. The summed E-state index contributed by atoms with van der Waals surface area (Å²) in [4.78, 5) is 21.9. The quantitative estimate of drug-likeness (QED) is 0.532. The van der Waals surface area contributed by atoms with Gasteiger partial charge < -0.3 is 0 Å². The lowest BCUT2D eigenvalue weighted by atomic mass is 10.1. The zero-order valence-electron chi connectivity index (χ0n) is 11.3. The van der Waals surface area contributed by atoms with E-state index in [1.165, 1.54) is 24.3 Å². The van der Waals surface area contributed by atoms with Gasteiger partial charge in [-0.1, -0.05) is 30.3 Å². The van der Waals surface area contributed by atoms with Gasteiger partial charge in [-0.3, -0.25) is 14.9 Å². The molecule has 0 spiro atoms. The zero-order valence-corrected chi connectivity index (χ0v) is 11.3. The van der Waals surface area contributed by atoms with E-state index in [-0.39, 0.29) is 5.69 Å². The number of rotatable bonds is 4. The van der Waals surface area contributed by atoms with E-state index in [0.717, 1.165) is 5.56 Å². The zero-order chi connectivity index (χ0) is 15.2. The third-order valence-electron chi connectivity index (χ3n) is 2.86. The Hall–Kier alpha value is -3.02. The molecule has 0 aliphatic heterocycles. The molecule has 0 aromatic heterocycles. The number of nitro benzene ring substituents is 1. The van der Waals surface area contributed by atoms with Crippen LogP contribution in [0.1, 0.15) is 22.8 Å². The van der Waals surface area contributed by atoms with Gasteiger partial charge in [0, 0.05) is 17.7 Å². The fraction of sp³-hybridized carbons (Fsp3) is 0.0667. The van der Waals surface area contributed by atoms with Crippen LogP contribution in [-0.4, -0.2) is 16.5 Å². The van der Waals surface area contributed by atoms with Crippen LogP contribution in [0.3, 0.4) is 0 Å². The molecular weight excluding hydrogens is 270 g/mol. The molecule has 0 radical (unpaired) electrons. The number of hydrogen-bond donors (Lipinski definition) is 1. The highest BCUT2D eigenvalue weighted by atomic mass is 16.6. The smallest absolute Gasteiger partial charge is 0.267 e. The predicted molar refractivity (Wildman–Crippen MR) is 79.2 cm³/mol. The summed E-state index contributed by atoms with van der Waals surface area (Å²) in [7, 11) is 0. The van der Waals surface area contributed by atoms with E-state index in [1.54, 1.807) is 6.92 Å². The molecule has 0 saturated carbocycles. The van der Waals surface area contributed by atoms with Crippen molar-refractivity contribution in [1.82, 2.24) is 5.43 Å². The van der Waals surface area contributed by atoms with E-state index in [9.17, 15) is 14.9 Å². The lowest BCUT2D eigenvalue weighted by molar-refractivity contribution is -0.384. The summed E-state index contributed by atoms with van der Waals surface area (Å²) in [5.74, 6) is -0.417. The largest absolute Gasteiger partial charge is 0.271 e. The molecule has 1 amide bonds. The molecule has 0 bridgehead atoms. The fourth-order valence-corrected chi connectivity index (χ4v) is 1.68. The molecule has 0 fully saturated rings. The SMILES string of the molecule is C/C(=N\NC(=O)c1ccc([N+](=O)[O-])cc1)c1ccccc1. The first kappa shape index (κ1) is 14.4. The minimum Gasteiger partial charge on any atom is -0.267 e. The highest BCUT2D eigenvalue weighted by Crippen LogP contribution is 2.11. The second-order valence-corrected chi connectivity index (χ2v) is 4.31. The van der Waals surface area contributed by atoms with Crippen LogP contribution in [-0.2, 0) is 0 Å². The molecule has 2 rings (SSSR count). The van der Waals surface area contributed by atoms with Crippen molar-refractivity contribution in [2.24, 2.45) is 5.10 Å². The van der Waals surface area contributed by atoms with Crippen molar-refractivity contribution in [2.45, 2.75) is 6.92 Å². The second-order valence-electron chi connectivity index (χ2n) is 4.31. The van der Waals surface area contributed by atoms with Crippen LogP contribution < -0.4 is 5.43 Å².